The minimum Gasteiger partial charge on any atom is -0.334 e. The minimum absolute atomic E-state index is 0.0767. The molecule has 4 rings (SSSR count). The van der Waals surface area contributed by atoms with Gasteiger partial charge in [0.25, 0.3) is 5.89 Å². The van der Waals surface area contributed by atoms with Crippen molar-refractivity contribution in [1.29, 1.82) is 0 Å². The number of allylic oxidation sites excluding steroid dienone is 1. The molecule has 0 bridgehead atoms. The summed E-state index contributed by atoms with van der Waals surface area (Å²) in [4.78, 5) is 19.0. The van der Waals surface area contributed by atoms with E-state index in [4.69, 9.17) is 4.52 Å². The van der Waals surface area contributed by atoms with Gasteiger partial charge >= 0.3 is 0 Å². The van der Waals surface area contributed by atoms with E-state index in [1.54, 1.807) is 18.2 Å². The molecule has 3 aromatic rings. The molecular formula is C27H30FN3O2. The van der Waals surface area contributed by atoms with Crippen LogP contribution in [0.4, 0.5) is 4.39 Å². The highest BCUT2D eigenvalue weighted by Gasteiger charge is 2.29. The van der Waals surface area contributed by atoms with Gasteiger partial charge in [-0.2, -0.15) is 4.98 Å². The number of benzene rings is 2. The third-order valence-corrected chi connectivity index (χ3v) is 6.45. The number of aromatic nitrogens is 2. The molecule has 1 saturated carbocycles. The van der Waals surface area contributed by atoms with Crippen molar-refractivity contribution < 1.29 is 13.7 Å². The van der Waals surface area contributed by atoms with Crippen LogP contribution in [0.1, 0.15) is 64.9 Å². The zero-order chi connectivity index (χ0) is 23.4. The fourth-order valence-corrected chi connectivity index (χ4v) is 4.86. The van der Waals surface area contributed by atoms with E-state index < -0.39 is 0 Å². The Kier molecular flexibility index (Phi) is 7.14. The van der Waals surface area contributed by atoms with Crippen molar-refractivity contribution in [2.24, 2.45) is 11.8 Å². The molecule has 0 aliphatic heterocycles. The molecule has 6 heteroatoms. The molecule has 1 aromatic heterocycles. The molecule has 1 unspecified atom stereocenters. The molecule has 2 aromatic carbocycles. The van der Waals surface area contributed by atoms with Gasteiger partial charge in [-0.25, -0.2) is 4.39 Å². The van der Waals surface area contributed by atoms with Crippen LogP contribution in [0.3, 0.4) is 0 Å². The normalized spacial score (nSPS) is 19.8. The van der Waals surface area contributed by atoms with Crippen molar-refractivity contribution in [3.05, 3.63) is 88.8 Å². The monoisotopic (exact) mass is 447 g/mol. The predicted octanol–water partition coefficient (Wildman–Crippen LogP) is 5.87. The van der Waals surface area contributed by atoms with Crippen LogP contribution in [0.15, 0.2) is 59.1 Å². The first-order valence-electron chi connectivity index (χ1n) is 11.5. The molecule has 172 valence electrons. The lowest BCUT2D eigenvalue weighted by Gasteiger charge is -2.37. The summed E-state index contributed by atoms with van der Waals surface area (Å²) in [6.45, 7) is 1.94. The highest BCUT2D eigenvalue weighted by molar-refractivity contribution is 6.06. The molecule has 0 saturated heterocycles. The summed E-state index contributed by atoms with van der Waals surface area (Å²) in [5.74, 6) is 0.894. The lowest BCUT2D eigenvalue weighted by atomic mass is 9.76. The quantitative estimate of drug-likeness (QED) is 0.424. The summed E-state index contributed by atoms with van der Waals surface area (Å²) in [7, 11) is 4.12. The maximum Gasteiger partial charge on any atom is 0.250 e. The van der Waals surface area contributed by atoms with Crippen LogP contribution >= 0.6 is 0 Å². The summed E-state index contributed by atoms with van der Waals surface area (Å²) in [6, 6.07) is 14.5. The van der Waals surface area contributed by atoms with Crippen molar-refractivity contribution in [3.63, 3.8) is 0 Å². The minimum atomic E-state index is -0.241. The second-order valence-electron chi connectivity index (χ2n) is 9.15. The van der Waals surface area contributed by atoms with Crippen molar-refractivity contribution in [1.82, 2.24) is 15.0 Å². The second-order valence-corrected chi connectivity index (χ2v) is 9.15. The molecule has 1 aliphatic carbocycles. The third-order valence-electron chi connectivity index (χ3n) is 6.45. The third kappa shape index (κ3) is 5.63. The molecule has 1 atom stereocenters. The molecule has 0 spiro atoms. The number of carbonyl (C=O) groups excluding carboxylic acids is 1. The summed E-state index contributed by atoms with van der Waals surface area (Å²) in [6.07, 6.45) is 8.15. The number of hydrogen-bond donors (Lipinski definition) is 0. The van der Waals surface area contributed by atoms with E-state index in [1.807, 2.05) is 37.3 Å². The summed E-state index contributed by atoms with van der Waals surface area (Å²) < 4.78 is 19.1. The molecule has 0 radical (unpaired) electrons. The van der Waals surface area contributed by atoms with Crippen LogP contribution in [0.5, 0.6) is 0 Å². The molecule has 0 amide bonds. The van der Waals surface area contributed by atoms with Gasteiger partial charge in [-0.3, -0.25) is 4.79 Å². The Bertz CT molecular complexity index is 1130. The van der Waals surface area contributed by atoms with Crippen molar-refractivity contribution in [2.75, 3.05) is 14.1 Å². The Labute approximate surface area is 194 Å². The molecule has 1 fully saturated rings. The standard InChI is InChI=1S/C27H30FN3O2/c1-18-6-4-8-22(16-18)26(32)27-29-24(33-30-27)15-12-19-10-13-20(14-11-19)25(31(2)3)21-7-5-9-23(28)17-21/h4-9,12,15-17,19-20,25H,10-11,13-14H2,1-3H3. The lowest BCUT2D eigenvalue weighted by Crippen LogP contribution is -2.30. The Morgan fingerprint density at radius 2 is 1.88 bits per heavy atom. The van der Waals surface area contributed by atoms with Crippen LogP contribution in [-0.2, 0) is 0 Å². The van der Waals surface area contributed by atoms with Gasteiger partial charge in [-0.1, -0.05) is 47.1 Å². The van der Waals surface area contributed by atoms with Crippen molar-refractivity contribution in [2.45, 2.75) is 38.6 Å². The Balaban J connectivity index is 1.36. The van der Waals surface area contributed by atoms with Crippen molar-refractivity contribution >= 4 is 11.9 Å². The number of nitrogens with zero attached hydrogens (tertiary/aromatic N) is 3. The number of ketones is 1. The molecule has 33 heavy (non-hydrogen) atoms. The predicted molar refractivity (Wildman–Crippen MR) is 126 cm³/mol. The van der Waals surface area contributed by atoms with Gasteiger partial charge in [0.2, 0.25) is 11.6 Å². The van der Waals surface area contributed by atoms with Gasteiger partial charge in [-0.15, -0.1) is 0 Å². The van der Waals surface area contributed by atoms with Crippen LogP contribution < -0.4 is 0 Å². The summed E-state index contributed by atoms with van der Waals surface area (Å²) in [5.41, 5.74) is 2.60. The summed E-state index contributed by atoms with van der Waals surface area (Å²) >= 11 is 0. The zero-order valence-electron chi connectivity index (χ0n) is 19.4. The number of halogens is 1. The second kappa shape index (κ2) is 10.2. The first-order chi connectivity index (χ1) is 15.9. The van der Waals surface area contributed by atoms with Crippen LogP contribution in [0.25, 0.3) is 6.08 Å². The molecule has 1 heterocycles. The zero-order valence-corrected chi connectivity index (χ0v) is 19.4. The fraction of sp³-hybridized carbons (Fsp3) is 0.370. The topological polar surface area (TPSA) is 59.2 Å². The first-order valence-corrected chi connectivity index (χ1v) is 11.5. The molecule has 0 N–H and O–H groups in total. The van der Waals surface area contributed by atoms with E-state index >= 15 is 0 Å². The van der Waals surface area contributed by atoms with E-state index in [9.17, 15) is 9.18 Å². The largest absolute Gasteiger partial charge is 0.334 e. The van der Waals surface area contributed by atoms with E-state index in [1.165, 1.54) is 6.07 Å². The van der Waals surface area contributed by atoms with Gasteiger partial charge < -0.3 is 9.42 Å². The van der Waals surface area contributed by atoms with E-state index in [0.717, 1.165) is 36.8 Å². The van der Waals surface area contributed by atoms with Gasteiger partial charge in [0.05, 0.1) is 0 Å². The number of hydrogen-bond acceptors (Lipinski definition) is 5. The number of carbonyl (C=O) groups is 1. The van der Waals surface area contributed by atoms with Crippen molar-refractivity contribution in [3.8, 4) is 0 Å². The summed E-state index contributed by atoms with van der Waals surface area (Å²) in [5, 5.41) is 3.86. The maximum absolute atomic E-state index is 13.8. The lowest BCUT2D eigenvalue weighted by molar-refractivity contribution is 0.102. The van der Waals surface area contributed by atoms with Crippen LogP contribution in [-0.4, -0.2) is 34.9 Å². The first kappa shape index (κ1) is 23.1. The average molecular weight is 448 g/mol. The van der Waals surface area contributed by atoms with E-state index in [2.05, 4.69) is 35.2 Å². The van der Waals surface area contributed by atoms with E-state index in [0.29, 0.717) is 23.3 Å². The molecule has 1 aliphatic rings. The molecular weight excluding hydrogens is 417 g/mol. The Morgan fingerprint density at radius 3 is 2.58 bits per heavy atom. The molecule has 5 nitrogen and oxygen atoms in total. The highest BCUT2D eigenvalue weighted by atomic mass is 19.1. The average Bonchev–Trinajstić information content (AvgIpc) is 3.27. The number of rotatable bonds is 7. The van der Waals surface area contributed by atoms with Gasteiger partial charge in [0.15, 0.2) is 0 Å². The van der Waals surface area contributed by atoms with Gasteiger partial charge in [-0.05, 0) is 88.4 Å². The SMILES string of the molecule is Cc1cccc(C(=O)c2noc(C=CC3CCC(C(c4cccc(F)c4)N(C)C)CC3)n2)c1. The number of aryl methyl sites for hydroxylation is 1. The fourth-order valence-electron chi connectivity index (χ4n) is 4.86. The van der Waals surface area contributed by atoms with Crippen LogP contribution in [0, 0.1) is 24.6 Å². The van der Waals surface area contributed by atoms with Crippen LogP contribution in [0.2, 0.25) is 0 Å². The maximum atomic E-state index is 13.8. The van der Waals surface area contributed by atoms with E-state index in [-0.39, 0.29) is 23.5 Å². The van der Waals surface area contributed by atoms with Gasteiger partial charge in [0, 0.05) is 11.6 Å². The Morgan fingerprint density at radius 1 is 1.12 bits per heavy atom. The Hall–Kier alpha value is -3.12. The highest BCUT2D eigenvalue weighted by Crippen LogP contribution is 2.40. The van der Waals surface area contributed by atoms with Gasteiger partial charge in [0.1, 0.15) is 5.82 Å². The smallest absolute Gasteiger partial charge is 0.250 e.